The summed E-state index contributed by atoms with van der Waals surface area (Å²) in [7, 11) is 3.23. The van der Waals surface area contributed by atoms with Gasteiger partial charge in [-0.25, -0.2) is 4.79 Å². The van der Waals surface area contributed by atoms with Crippen molar-refractivity contribution in [2.45, 2.75) is 19.8 Å². The molecule has 0 saturated carbocycles. The number of carbonyl (C=O) groups is 1. The zero-order valence-electron chi connectivity index (χ0n) is 11.6. The van der Waals surface area contributed by atoms with Gasteiger partial charge in [-0.1, -0.05) is 18.2 Å². The molecule has 0 N–H and O–H groups in total. The fraction of sp³-hybridized carbons (Fsp3) is 0.400. The number of allylic oxidation sites excluding steroid dienone is 1. The van der Waals surface area contributed by atoms with Gasteiger partial charge < -0.3 is 14.2 Å². The molecule has 0 aliphatic heterocycles. The molecular formula is C15H20O4. The fourth-order valence-electron chi connectivity index (χ4n) is 1.76. The largest absolute Gasteiger partial charge is 0.493 e. The van der Waals surface area contributed by atoms with Crippen molar-refractivity contribution in [2.24, 2.45) is 0 Å². The van der Waals surface area contributed by atoms with Crippen molar-refractivity contribution in [3.63, 3.8) is 0 Å². The van der Waals surface area contributed by atoms with Gasteiger partial charge in [0.25, 0.3) is 0 Å². The van der Waals surface area contributed by atoms with E-state index < -0.39 is 0 Å². The number of esters is 1. The van der Waals surface area contributed by atoms with Crippen molar-refractivity contribution in [3.05, 3.63) is 35.9 Å². The zero-order valence-corrected chi connectivity index (χ0v) is 11.6. The normalized spacial score (nSPS) is 10.5. The van der Waals surface area contributed by atoms with E-state index in [9.17, 15) is 4.79 Å². The van der Waals surface area contributed by atoms with Crippen LogP contribution in [0.3, 0.4) is 0 Å². The number of carbonyl (C=O) groups excluding carboxylic acids is 1. The molecule has 1 aromatic rings. The Morgan fingerprint density at radius 2 is 2.05 bits per heavy atom. The first kappa shape index (κ1) is 15.1. The van der Waals surface area contributed by atoms with Gasteiger partial charge in [-0.05, 0) is 31.4 Å². The van der Waals surface area contributed by atoms with Gasteiger partial charge in [-0.15, -0.1) is 0 Å². The van der Waals surface area contributed by atoms with Crippen LogP contribution in [0.15, 0.2) is 30.4 Å². The molecule has 0 atom stereocenters. The summed E-state index contributed by atoms with van der Waals surface area (Å²) in [5.74, 6) is 1.16. The lowest BCUT2D eigenvalue weighted by atomic mass is 10.1. The van der Waals surface area contributed by atoms with Crippen LogP contribution in [0.25, 0.3) is 0 Å². The third-order valence-electron chi connectivity index (χ3n) is 2.61. The highest BCUT2D eigenvalue weighted by Crippen LogP contribution is 2.31. The van der Waals surface area contributed by atoms with E-state index in [-0.39, 0.29) is 5.97 Å². The lowest BCUT2D eigenvalue weighted by Crippen LogP contribution is -1.99. The third kappa shape index (κ3) is 4.66. The van der Waals surface area contributed by atoms with Gasteiger partial charge in [0.15, 0.2) is 11.5 Å². The summed E-state index contributed by atoms with van der Waals surface area (Å²) in [5.41, 5.74) is 1.05. The summed E-state index contributed by atoms with van der Waals surface area (Å²) in [4.78, 5) is 11.1. The first-order valence-electron chi connectivity index (χ1n) is 6.26. The Hall–Kier alpha value is -1.97. The second-order valence-corrected chi connectivity index (χ2v) is 3.85. The van der Waals surface area contributed by atoms with Crippen molar-refractivity contribution in [2.75, 3.05) is 20.8 Å². The first-order chi connectivity index (χ1) is 9.22. The average molecular weight is 264 g/mol. The van der Waals surface area contributed by atoms with E-state index in [0.717, 1.165) is 29.9 Å². The van der Waals surface area contributed by atoms with Crippen LogP contribution in [0.2, 0.25) is 0 Å². The smallest absolute Gasteiger partial charge is 0.330 e. The van der Waals surface area contributed by atoms with Crippen LogP contribution in [-0.2, 0) is 16.0 Å². The summed E-state index contributed by atoms with van der Waals surface area (Å²) in [6.45, 7) is 2.18. The third-order valence-corrected chi connectivity index (χ3v) is 2.61. The van der Waals surface area contributed by atoms with E-state index >= 15 is 0 Å². The molecule has 104 valence electrons. The van der Waals surface area contributed by atoms with Gasteiger partial charge in [-0.3, -0.25) is 0 Å². The molecule has 0 heterocycles. The molecular weight excluding hydrogens is 244 g/mol. The highest BCUT2D eigenvalue weighted by atomic mass is 16.5. The van der Waals surface area contributed by atoms with Gasteiger partial charge in [0, 0.05) is 6.08 Å². The molecule has 0 spiro atoms. The minimum absolute atomic E-state index is 0.305. The monoisotopic (exact) mass is 264 g/mol. The Kier molecular flexibility index (Phi) is 6.50. The van der Waals surface area contributed by atoms with Crippen LogP contribution in [0.4, 0.5) is 0 Å². The van der Waals surface area contributed by atoms with Crippen molar-refractivity contribution in [1.29, 1.82) is 0 Å². The van der Waals surface area contributed by atoms with E-state index in [0.29, 0.717) is 6.61 Å². The molecule has 4 heteroatoms. The Labute approximate surface area is 114 Å². The van der Waals surface area contributed by atoms with Crippen LogP contribution < -0.4 is 9.47 Å². The Morgan fingerprint density at radius 3 is 2.68 bits per heavy atom. The number of methoxy groups -OCH3 is 2. The second-order valence-electron chi connectivity index (χ2n) is 3.85. The van der Waals surface area contributed by atoms with Crippen molar-refractivity contribution in [1.82, 2.24) is 0 Å². The zero-order chi connectivity index (χ0) is 14.1. The van der Waals surface area contributed by atoms with E-state index in [1.54, 1.807) is 27.2 Å². The highest BCUT2D eigenvalue weighted by molar-refractivity contribution is 5.81. The minimum atomic E-state index is -0.305. The van der Waals surface area contributed by atoms with Crippen LogP contribution in [0.5, 0.6) is 11.5 Å². The SMILES string of the molecule is CCOC(=O)/C=C/CCc1cccc(OC)c1OC. The number of hydrogen-bond acceptors (Lipinski definition) is 4. The summed E-state index contributed by atoms with van der Waals surface area (Å²) in [6, 6.07) is 5.77. The van der Waals surface area contributed by atoms with Crippen molar-refractivity contribution in [3.8, 4) is 11.5 Å². The molecule has 0 unspecified atom stereocenters. The summed E-state index contributed by atoms with van der Waals surface area (Å²) in [6.07, 6.45) is 4.77. The maximum absolute atomic E-state index is 11.1. The lowest BCUT2D eigenvalue weighted by Gasteiger charge is -2.11. The van der Waals surface area contributed by atoms with Crippen LogP contribution in [0, 0.1) is 0 Å². The predicted molar refractivity (Wildman–Crippen MR) is 73.6 cm³/mol. The van der Waals surface area contributed by atoms with Gasteiger partial charge in [0.05, 0.1) is 20.8 Å². The summed E-state index contributed by atoms with van der Waals surface area (Å²) < 4.78 is 15.4. The lowest BCUT2D eigenvalue weighted by molar-refractivity contribution is -0.137. The number of hydrogen-bond donors (Lipinski definition) is 0. The molecule has 1 aromatic carbocycles. The predicted octanol–water partition coefficient (Wildman–Crippen LogP) is 2.76. The molecule has 0 radical (unpaired) electrons. The maximum Gasteiger partial charge on any atom is 0.330 e. The maximum atomic E-state index is 11.1. The van der Waals surface area contributed by atoms with E-state index in [1.165, 1.54) is 6.08 Å². The van der Waals surface area contributed by atoms with E-state index in [4.69, 9.17) is 14.2 Å². The second kappa shape index (κ2) is 8.19. The molecule has 19 heavy (non-hydrogen) atoms. The molecule has 0 aliphatic rings. The number of para-hydroxylation sites is 1. The molecule has 0 aliphatic carbocycles. The Morgan fingerprint density at radius 1 is 1.26 bits per heavy atom. The standard InChI is InChI=1S/C15H20O4/c1-4-19-14(16)11-6-5-8-12-9-7-10-13(17-2)15(12)18-3/h6-7,9-11H,4-5,8H2,1-3H3/b11-6+. The Balaban J connectivity index is 2.60. The van der Waals surface area contributed by atoms with Gasteiger partial charge in [0.1, 0.15) is 0 Å². The van der Waals surface area contributed by atoms with Gasteiger partial charge in [-0.2, -0.15) is 0 Å². The molecule has 4 nitrogen and oxygen atoms in total. The van der Waals surface area contributed by atoms with Crippen molar-refractivity contribution >= 4 is 5.97 Å². The highest BCUT2D eigenvalue weighted by Gasteiger charge is 2.08. The van der Waals surface area contributed by atoms with Crippen molar-refractivity contribution < 1.29 is 19.0 Å². The summed E-state index contributed by atoms with van der Waals surface area (Å²) in [5, 5.41) is 0. The number of aryl methyl sites for hydroxylation is 1. The Bertz CT molecular complexity index is 438. The number of ether oxygens (including phenoxy) is 3. The topological polar surface area (TPSA) is 44.8 Å². The quantitative estimate of drug-likeness (QED) is 0.561. The molecule has 0 saturated heterocycles. The number of rotatable bonds is 7. The molecule has 0 fully saturated rings. The molecule has 0 aromatic heterocycles. The first-order valence-corrected chi connectivity index (χ1v) is 6.26. The molecule has 0 amide bonds. The minimum Gasteiger partial charge on any atom is -0.493 e. The molecule has 1 rings (SSSR count). The van der Waals surface area contributed by atoms with E-state index in [2.05, 4.69) is 0 Å². The van der Waals surface area contributed by atoms with Crippen LogP contribution in [-0.4, -0.2) is 26.8 Å². The van der Waals surface area contributed by atoms with Gasteiger partial charge >= 0.3 is 5.97 Å². The summed E-state index contributed by atoms with van der Waals surface area (Å²) >= 11 is 0. The number of benzene rings is 1. The van der Waals surface area contributed by atoms with Crippen LogP contribution in [0.1, 0.15) is 18.9 Å². The van der Waals surface area contributed by atoms with Gasteiger partial charge in [0.2, 0.25) is 0 Å². The average Bonchev–Trinajstić information content (AvgIpc) is 2.43. The van der Waals surface area contributed by atoms with Crippen LogP contribution >= 0.6 is 0 Å². The van der Waals surface area contributed by atoms with E-state index in [1.807, 2.05) is 18.2 Å². The molecule has 0 bridgehead atoms. The fourth-order valence-corrected chi connectivity index (χ4v) is 1.76.